The van der Waals surface area contributed by atoms with Gasteiger partial charge in [-0.1, -0.05) is 114 Å². The Hall–Kier alpha value is -4.32. The molecule has 0 bridgehead atoms. The molecule has 0 aliphatic carbocycles. The molecule has 0 saturated carbocycles. The van der Waals surface area contributed by atoms with E-state index in [0.29, 0.717) is 11.8 Å². The summed E-state index contributed by atoms with van der Waals surface area (Å²) in [5, 5.41) is 3.17. The zero-order chi connectivity index (χ0) is 32.2. The highest BCUT2D eigenvalue weighted by atomic mass is 32.1. The third-order valence-electron chi connectivity index (χ3n) is 10.8. The van der Waals surface area contributed by atoms with Crippen molar-refractivity contribution in [2.75, 3.05) is 9.80 Å². The van der Waals surface area contributed by atoms with E-state index in [2.05, 4.69) is 177 Å². The molecule has 5 aromatic carbocycles. The maximum absolute atomic E-state index is 2.64. The first-order valence-corrected chi connectivity index (χ1v) is 20.9. The van der Waals surface area contributed by atoms with Crippen LogP contribution in [0.4, 0.5) is 34.1 Å². The van der Waals surface area contributed by atoms with E-state index in [0.717, 1.165) is 0 Å². The summed E-state index contributed by atoms with van der Waals surface area (Å²) >= 11 is 2.06. The average molecular weight is 643 g/mol. The van der Waals surface area contributed by atoms with Crippen LogP contribution in [0, 0.1) is 0 Å². The van der Waals surface area contributed by atoms with Crippen LogP contribution in [0.5, 0.6) is 0 Å². The lowest BCUT2D eigenvalue weighted by Crippen LogP contribution is -2.62. The van der Waals surface area contributed by atoms with Gasteiger partial charge < -0.3 is 9.80 Å². The van der Waals surface area contributed by atoms with E-state index < -0.39 is 8.07 Å². The largest absolute Gasteiger partial charge is 0.311 e. The van der Waals surface area contributed by atoms with Crippen molar-refractivity contribution in [3.8, 4) is 10.4 Å². The molecule has 0 spiro atoms. The molecule has 0 unspecified atom stereocenters. The number of benzene rings is 5. The molecule has 9 rings (SSSR count). The molecule has 47 heavy (non-hydrogen) atoms. The van der Waals surface area contributed by atoms with E-state index in [1.165, 1.54) is 71.4 Å². The van der Waals surface area contributed by atoms with Crippen molar-refractivity contribution in [3.05, 3.63) is 126 Å². The van der Waals surface area contributed by atoms with Gasteiger partial charge in [-0.05, 0) is 92.3 Å². The zero-order valence-electron chi connectivity index (χ0n) is 28.0. The zero-order valence-corrected chi connectivity index (χ0v) is 29.8. The van der Waals surface area contributed by atoms with Crippen LogP contribution >= 0.6 is 11.3 Å². The van der Waals surface area contributed by atoms with Gasteiger partial charge in [-0.2, -0.15) is 0 Å². The van der Waals surface area contributed by atoms with Gasteiger partial charge in [0, 0.05) is 38.1 Å². The summed E-state index contributed by atoms with van der Waals surface area (Å²) in [5.74, 6) is 0.993. The van der Waals surface area contributed by atoms with Crippen LogP contribution in [0.15, 0.2) is 115 Å². The van der Waals surface area contributed by atoms with E-state index in [1.807, 2.05) is 0 Å². The number of para-hydroxylation sites is 1. The minimum atomic E-state index is -1.99. The van der Waals surface area contributed by atoms with E-state index >= 15 is 0 Å². The Kier molecular flexibility index (Phi) is 6.35. The summed E-state index contributed by atoms with van der Waals surface area (Å²) < 4.78 is 1.49. The Morgan fingerprint density at radius 3 is 1.81 bits per heavy atom. The van der Waals surface area contributed by atoms with Crippen molar-refractivity contribution in [1.29, 1.82) is 0 Å². The molecule has 0 N–H and O–H groups in total. The maximum Gasteiger partial charge on any atom is 0.264 e. The Bertz CT molecular complexity index is 2200. The molecule has 0 fully saturated rings. The van der Waals surface area contributed by atoms with Gasteiger partial charge in [0.05, 0.1) is 5.69 Å². The summed E-state index contributed by atoms with van der Waals surface area (Å²) in [6.07, 6.45) is 0. The van der Waals surface area contributed by atoms with Crippen LogP contribution in [0.1, 0.15) is 50.7 Å². The van der Waals surface area contributed by atoms with Crippen LogP contribution in [0.25, 0.3) is 10.4 Å². The Balaban J connectivity index is 1.35. The van der Waals surface area contributed by atoms with E-state index in [-0.39, 0.29) is 6.71 Å². The van der Waals surface area contributed by atoms with E-state index in [4.69, 9.17) is 0 Å². The third kappa shape index (κ3) is 4.03. The topological polar surface area (TPSA) is 6.48 Å². The second-order valence-electron chi connectivity index (χ2n) is 14.6. The molecule has 0 saturated heterocycles. The Morgan fingerprint density at radius 1 is 0.596 bits per heavy atom. The monoisotopic (exact) mass is 642 g/mol. The predicted octanol–water partition coefficient (Wildman–Crippen LogP) is 8.88. The summed E-state index contributed by atoms with van der Waals surface area (Å²) in [6.45, 7) is 14.4. The number of thiophene rings is 1. The first-order chi connectivity index (χ1) is 22.8. The Labute approximate surface area is 284 Å². The van der Waals surface area contributed by atoms with Crippen LogP contribution < -0.4 is 35.9 Å². The molecular formula is C42H39BN2SSi. The number of hydrogen-bond donors (Lipinski definition) is 0. The molecule has 6 aromatic rings. The lowest BCUT2D eigenvalue weighted by molar-refractivity contribution is 0.866. The summed E-state index contributed by atoms with van der Waals surface area (Å²) in [5.41, 5.74) is 14.8. The molecule has 5 heteroatoms. The number of anilines is 6. The minimum absolute atomic E-state index is 0.178. The standard InChI is InChI=1S/C42H39BN2SSi/c1-26(2)28-18-22-30(23-19-28)44-34-14-9-8-13-33(34)43-38-35(44)15-11-16-36(38)45(31-24-20-29(21-25-31)27(3)4)39-41-40(46-42(39)43)32-12-7-10-17-37(32)47(41,5)6/h7-27H,1-6H3. The molecule has 4 heterocycles. The van der Waals surface area contributed by atoms with Crippen LogP contribution in [-0.2, 0) is 0 Å². The fourth-order valence-electron chi connectivity index (χ4n) is 8.39. The van der Waals surface area contributed by atoms with Crippen molar-refractivity contribution < 1.29 is 0 Å². The summed E-state index contributed by atoms with van der Waals surface area (Å²) in [4.78, 5) is 6.64. The first-order valence-electron chi connectivity index (χ1n) is 17.0. The lowest BCUT2D eigenvalue weighted by atomic mass is 9.36. The molecule has 0 radical (unpaired) electrons. The highest BCUT2D eigenvalue weighted by molar-refractivity contribution is 7.34. The molecule has 3 aliphatic rings. The number of fused-ring (bicyclic) bond motifs is 8. The number of hydrogen-bond acceptors (Lipinski definition) is 3. The molecule has 2 nitrogen and oxygen atoms in total. The highest BCUT2D eigenvalue weighted by Crippen LogP contribution is 2.47. The second-order valence-corrected chi connectivity index (χ2v) is 19.9. The molecular weight excluding hydrogens is 603 g/mol. The molecule has 3 aliphatic heterocycles. The van der Waals surface area contributed by atoms with Crippen molar-refractivity contribution in [1.82, 2.24) is 0 Å². The molecule has 0 amide bonds. The van der Waals surface area contributed by atoms with Crippen molar-refractivity contribution in [2.24, 2.45) is 0 Å². The molecule has 1 aromatic heterocycles. The SMILES string of the molecule is CC(C)c1ccc(N2c3ccccc3B3c4sc5c(c4N(c4ccc(C(C)C)cc4)c4cccc2c43)[Si](C)(C)c2ccccc2-5)cc1. The predicted molar refractivity (Wildman–Crippen MR) is 209 cm³/mol. The smallest absolute Gasteiger partial charge is 0.264 e. The van der Waals surface area contributed by atoms with E-state index in [1.54, 1.807) is 10.4 Å². The van der Waals surface area contributed by atoms with Gasteiger partial charge in [-0.15, -0.1) is 11.3 Å². The van der Waals surface area contributed by atoms with Gasteiger partial charge in [0.1, 0.15) is 8.07 Å². The highest BCUT2D eigenvalue weighted by Gasteiger charge is 2.50. The fourth-order valence-corrected chi connectivity index (χ4v) is 14.1. The minimum Gasteiger partial charge on any atom is -0.311 e. The van der Waals surface area contributed by atoms with Gasteiger partial charge in [0.25, 0.3) is 6.71 Å². The fraction of sp³-hybridized carbons (Fsp3) is 0.190. The molecule has 0 atom stereocenters. The normalized spacial score (nSPS) is 15.0. The van der Waals surface area contributed by atoms with Crippen LogP contribution in [0.2, 0.25) is 13.1 Å². The number of nitrogens with zero attached hydrogens (tertiary/aromatic N) is 2. The number of rotatable bonds is 4. The van der Waals surface area contributed by atoms with E-state index in [9.17, 15) is 0 Å². The summed E-state index contributed by atoms with van der Waals surface area (Å²) in [6, 6.07) is 44.0. The maximum atomic E-state index is 2.64. The van der Waals surface area contributed by atoms with Crippen molar-refractivity contribution >= 4 is 86.3 Å². The van der Waals surface area contributed by atoms with Crippen molar-refractivity contribution in [3.63, 3.8) is 0 Å². The van der Waals surface area contributed by atoms with Gasteiger partial charge in [-0.3, -0.25) is 0 Å². The van der Waals surface area contributed by atoms with Crippen LogP contribution in [-0.4, -0.2) is 14.8 Å². The first kappa shape index (κ1) is 28.9. The van der Waals surface area contributed by atoms with Gasteiger partial charge in [0.15, 0.2) is 0 Å². The van der Waals surface area contributed by atoms with Gasteiger partial charge in [0.2, 0.25) is 0 Å². The Morgan fingerprint density at radius 2 is 1.15 bits per heavy atom. The van der Waals surface area contributed by atoms with Crippen molar-refractivity contribution in [2.45, 2.75) is 52.6 Å². The second kappa shape index (κ2) is 10.3. The van der Waals surface area contributed by atoms with Gasteiger partial charge in [-0.25, -0.2) is 0 Å². The van der Waals surface area contributed by atoms with Crippen LogP contribution in [0.3, 0.4) is 0 Å². The van der Waals surface area contributed by atoms with Gasteiger partial charge >= 0.3 is 0 Å². The lowest BCUT2D eigenvalue weighted by Gasteiger charge is -2.43. The molecule has 230 valence electrons. The average Bonchev–Trinajstić information content (AvgIpc) is 3.58. The third-order valence-corrected chi connectivity index (χ3v) is 15.8. The quantitative estimate of drug-likeness (QED) is 0.177. The summed E-state index contributed by atoms with van der Waals surface area (Å²) in [7, 11) is -1.99.